The number of sulfonamides is 1. The molecular weight excluding hydrogens is 762 g/mol. The lowest BCUT2D eigenvalue weighted by atomic mass is 9.94. The standard InChI is InChI=1S/C23H35N3O4S.C17H23ClN2O3S/c1-23(2,3)22-24-20-15-19(31(27,28)25-11-7-18(29-4)8-12-25)5-6-21(20)26(22)16-17-9-13-30-14-10-17;1-17(2,3)16-19-14-10-13(24(18,21)22)4-5-15(14)20(16)11-12-6-8-23-9-7-12/h5-6,15,17-18H,7-14,16H2,1-4H3;4-5,10,12H,6-9,11H2,1-3H3. The highest BCUT2D eigenvalue weighted by Gasteiger charge is 2.32. The fraction of sp³-hybridized carbons (Fsp3) is 0.650. The average molecular weight is 821 g/mol. The van der Waals surface area contributed by atoms with E-state index in [-0.39, 0.29) is 21.8 Å². The van der Waals surface area contributed by atoms with Crippen molar-refractivity contribution in [3.63, 3.8) is 0 Å². The van der Waals surface area contributed by atoms with E-state index < -0.39 is 19.1 Å². The lowest BCUT2D eigenvalue weighted by molar-refractivity contribution is 0.0604. The number of benzene rings is 2. The van der Waals surface area contributed by atoms with E-state index in [9.17, 15) is 16.8 Å². The number of fused-ring (bicyclic) bond motifs is 2. The molecule has 0 atom stereocenters. The highest BCUT2D eigenvalue weighted by Crippen LogP contribution is 2.33. The first kappa shape index (κ1) is 42.0. The van der Waals surface area contributed by atoms with Crippen LogP contribution < -0.4 is 0 Å². The van der Waals surface area contributed by atoms with Gasteiger partial charge in [0, 0.05) is 81.2 Å². The predicted octanol–water partition coefficient (Wildman–Crippen LogP) is 7.25. The number of ether oxygens (including phenoxy) is 3. The number of nitrogens with zero attached hydrogens (tertiary/aromatic N) is 5. The maximum atomic E-state index is 13.3. The van der Waals surface area contributed by atoms with E-state index in [1.54, 1.807) is 35.7 Å². The molecule has 0 unspecified atom stereocenters. The Balaban J connectivity index is 0.000000193. The van der Waals surface area contributed by atoms with Gasteiger partial charge < -0.3 is 23.3 Å². The van der Waals surface area contributed by atoms with E-state index >= 15 is 0 Å². The summed E-state index contributed by atoms with van der Waals surface area (Å²) in [5.41, 5.74) is 3.12. The molecule has 0 aliphatic carbocycles. The Morgan fingerprint density at radius 2 is 1.11 bits per heavy atom. The molecule has 0 bridgehead atoms. The molecule has 12 nitrogen and oxygen atoms in total. The van der Waals surface area contributed by atoms with Crippen LogP contribution in [-0.4, -0.2) is 93.0 Å². The maximum Gasteiger partial charge on any atom is 0.261 e. The van der Waals surface area contributed by atoms with E-state index in [1.165, 1.54) is 0 Å². The molecule has 3 aliphatic rings. The lowest BCUT2D eigenvalue weighted by Gasteiger charge is -2.30. The summed E-state index contributed by atoms with van der Waals surface area (Å²) < 4.78 is 72.2. The van der Waals surface area contributed by atoms with Crippen molar-refractivity contribution in [1.82, 2.24) is 23.4 Å². The van der Waals surface area contributed by atoms with Gasteiger partial charge in [0.05, 0.1) is 38.0 Å². The summed E-state index contributed by atoms with van der Waals surface area (Å²) in [6, 6.07) is 10.4. The van der Waals surface area contributed by atoms with Crippen molar-refractivity contribution in [2.24, 2.45) is 11.8 Å². The molecule has 55 heavy (non-hydrogen) atoms. The second-order valence-electron chi connectivity index (χ2n) is 17.3. The normalized spacial score (nSPS) is 19.2. The summed E-state index contributed by atoms with van der Waals surface area (Å²) in [5, 5.41) is 0. The number of hydrogen-bond acceptors (Lipinski definition) is 9. The Morgan fingerprint density at radius 1 is 0.691 bits per heavy atom. The van der Waals surface area contributed by atoms with Gasteiger partial charge in [0.15, 0.2) is 0 Å². The number of halogens is 1. The van der Waals surface area contributed by atoms with Gasteiger partial charge in [0.2, 0.25) is 10.0 Å². The molecule has 0 spiro atoms. The minimum absolute atomic E-state index is 0.0906. The van der Waals surface area contributed by atoms with E-state index in [4.69, 9.17) is 34.9 Å². The van der Waals surface area contributed by atoms with Crippen molar-refractivity contribution < 1.29 is 31.0 Å². The molecule has 0 N–H and O–H groups in total. The van der Waals surface area contributed by atoms with Crippen molar-refractivity contribution in [2.75, 3.05) is 46.6 Å². The number of hydrogen-bond donors (Lipinski definition) is 0. The third kappa shape index (κ3) is 9.76. The molecule has 7 rings (SSSR count). The topological polar surface area (TPSA) is 135 Å². The van der Waals surface area contributed by atoms with Gasteiger partial charge in [0.1, 0.15) is 11.6 Å². The zero-order chi connectivity index (χ0) is 39.8. The SMILES string of the molecule is CC(C)(C)c1nc2cc(S(=O)(=O)Cl)ccc2n1CC1CCOCC1.COC1CCN(S(=O)(=O)c2ccc3c(c2)nc(C(C)(C)C)n3CC2CCOCC2)CC1. The van der Waals surface area contributed by atoms with Gasteiger partial charge in [-0.1, -0.05) is 41.5 Å². The Labute approximate surface area is 331 Å². The monoisotopic (exact) mass is 819 g/mol. The molecule has 0 amide bonds. The first-order chi connectivity index (χ1) is 25.9. The predicted molar refractivity (Wildman–Crippen MR) is 216 cm³/mol. The summed E-state index contributed by atoms with van der Waals surface area (Å²) in [6.45, 7) is 18.8. The van der Waals surface area contributed by atoms with Crippen LogP contribution in [0.1, 0.15) is 91.7 Å². The molecule has 0 radical (unpaired) electrons. The Kier molecular flexibility index (Phi) is 12.8. The fourth-order valence-electron chi connectivity index (χ4n) is 7.88. The lowest BCUT2D eigenvalue weighted by Crippen LogP contribution is -2.40. The van der Waals surface area contributed by atoms with Crippen LogP contribution in [0.4, 0.5) is 0 Å². The van der Waals surface area contributed by atoms with Gasteiger partial charge in [-0.05, 0) is 86.8 Å². The third-order valence-corrected chi connectivity index (χ3v) is 14.2. The van der Waals surface area contributed by atoms with Gasteiger partial charge >= 0.3 is 0 Å². The molecule has 2 aromatic heterocycles. The molecule has 0 saturated carbocycles. The quantitative estimate of drug-likeness (QED) is 0.169. The smallest absolute Gasteiger partial charge is 0.261 e. The number of methoxy groups -OCH3 is 1. The molecule has 5 heterocycles. The number of aromatic nitrogens is 4. The molecule has 15 heteroatoms. The largest absolute Gasteiger partial charge is 0.381 e. The summed E-state index contributed by atoms with van der Waals surface area (Å²) in [4.78, 5) is 10.1. The average Bonchev–Trinajstić information content (AvgIpc) is 3.70. The molecule has 3 saturated heterocycles. The summed E-state index contributed by atoms with van der Waals surface area (Å²) in [7, 11) is -0.132. The molecular formula is C40H58ClN5O7S2. The van der Waals surface area contributed by atoms with Gasteiger partial charge in [-0.25, -0.2) is 26.8 Å². The number of imidazole rings is 2. The van der Waals surface area contributed by atoms with E-state index in [0.29, 0.717) is 35.3 Å². The molecule has 2 aromatic carbocycles. The summed E-state index contributed by atoms with van der Waals surface area (Å²) in [5.74, 6) is 3.07. The summed E-state index contributed by atoms with van der Waals surface area (Å²) >= 11 is 0. The van der Waals surface area contributed by atoms with E-state index in [1.807, 2.05) is 12.1 Å². The van der Waals surface area contributed by atoms with E-state index in [2.05, 4.69) is 50.7 Å². The van der Waals surface area contributed by atoms with Gasteiger partial charge in [0.25, 0.3) is 9.05 Å². The first-order valence-electron chi connectivity index (χ1n) is 19.5. The van der Waals surface area contributed by atoms with Gasteiger partial charge in [-0.3, -0.25) is 0 Å². The van der Waals surface area contributed by atoms with Gasteiger partial charge in [-0.15, -0.1) is 0 Å². The van der Waals surface area contributed by atoms with Crippen molar-refractivity contribution in [1.29, 1.82) is 0 Å². The van der Waals surface area contributed by atoms with Crippen LogP contribution in [0.3, 0.4) is 0 Å². The highest BCUT2D eigenvalue weighted by molar-refractivity contribution is 8.13. The van der Waals surface area contributed by atoms with Crippen LogP contribution >= 0.6 is 10.7 Å². The van der Waals surface area contributed by atoms with Crippen LogP contribution in [-0.2, 0) is 57.2 Å². The number of piperidine rings is 1. The zero-order valence-electron chi connectivity index (χ0n) is 33.4. The number of rotatable bonds is 8. The maximum absolute atomic E-state index is 13.3. The highest BCUT2D eigenvalue weighted by atomic mass is 35.7. The fourth-order valence-corrected chi connectivity index (χ4v) is 10.1. The zero-order valence-corrected chi connectivity index (χ0v) is 35.8. The second kappa shape index (κ2) is 16.7. The first-order valence-corrected chi connectivity index (χ1v) is 23.3. The molecule has 3 aliphatic heterocycles. The van der Waals surface area contributed by atoms with Crippen molar-refractivity contribution >= 4 is 51.8 Å². The van der Waals surface area contributed by atoms with Gasteiger partial charge in [-0.2, -0.15) is 4.31 Å². The van der Waals surface area contributed by atoms with Crippen LogP contribution in [0.2, 0.25) is 0 Å². The minimum atomic E-state index is -3.75. The van der Waals surface area contributed by atoms with Crippen LogP contribution in [0.5, 0.6) is 0 Å². The minimum Gasteiger partial charge on any atom is -0.381 e. The Bertz CT molecular complexity index is 2170. The Morgan fingerprint density at radius 3 is 1.51 bits per heavy atom. The van der Waals surface area contributed by atoms with Crippen molar-refractivity contribution in [3.8, 4) is 0 Å². The van der Waals surface area contributed by atoms with E-state index in [0.717, 1.165) is 106 Å². The summed E-state index contributed by atoms with van der Waals surface area (Å²) in [6.07, 6.45) is 5.77. The van der Waals surface area contributed by atoms with Crippen LogP contribution in [0, 0.1) is 11.8 Å². The Hall–Kier alpha value is -2.59. The molecule has 304 valence electrons. The van der Waals surface area contributed by atoms with Crippen molar-refractivity contribution in [3.05, 3.63) is 48.0 Å². The van der Waals surface area contributed by atoms with Crippen LogP contribution in [0.15, 0.2) is 46.2 Å². The third-order valence-electron chi connectivity index (χ3n) is 11.0. The molecule has 4 aromatic rings. The van der Waals surface area contributed by atoms with Crippen molar-refractivity contribution in [2.45, 2.75) is 120 Å². The second-order valence-corrected chi connectivity index (χ2v) is 21.8. The van der Waals surface area contributed by atoms with Crippen LogP contribution in [0.25, 0.3) is 22.1 Å². The molecule has 3 fully saturated rings.